The number of fused-ring (bicyclic) bond motifs is 1. The normalized spacial score (nSPS) is 10.1. The number of hydrogen-bond donors (Lipinski definition) is 0. The van der Waals surface area contributed by atoms with E-state index in [2.05, 4.69) is 95.4 Å². The molecular formula is C26H29ClSiZr. The van der Waals surface area contributed by atoms with Crippen molar-refractivity contribution in [3.05, 3.63) is 94.0 Å². The zero-order valence-electron chi connectivity index (χ0n) is 18.2. The molecule has 0 aliphatic heterocycles. The summed E-state index contributed by atoms with van der Waals surface area (Å²) >= 11 is 7.63. The predicted molar refractivity (Wildman–Crippen MR) is 128 cm³/mol. The molecule has 0 atom stereocenters. The van der Waals surface area contributed by atoms with Crippen molar-refractivity contribution in [2.45, 2.75) is 40.8 Å². The van der Waals surface area contributed by atoms with E-state index in [1.54, 1.807) is 23.3 Å². The van der Waals surface area contributed by atoms with E-state index in [1.165, 1.54) is 44.2 Å². The van der Waals surface area contributed by atoms with Gasteiger partial charge in [-0.3, -0.25) is 0 Å². The Labute approximate surface area is 196 Å². The van der Waals surface area contributed by atoms with Crippen LogP contribution in [0.4, 0.5) is 0 Å². The van der Waals surface area contributed by atoms with Crippen LogP contribution in [-0.2, 0) is 23.3 Å². The number of aryl methyl sites for hydroxylation is 2. The van der Waals surface area contributed by atoms with E-state index in [0.717, 1.165) is 5.02 Å². The first kappa shape index (κ1) is 24.1. The Morgan fingerprint density at radius 2 is 1.34 bits per heavy atom. The average molecular weight is 496 g/mol. The van der Waals surface area contributed by atoms with Gasteiger partial charge in [-0.05, 0) is 12.1 Å². The third kappa shape index (κ3) is 6.92. The Kier molecular flexibility index (Phi) is 9.34. The van der Waals surface area contributed by atoms with Gasteiger partial charge in [0.2, 0.25) is 0 Å². The van der Waals surface area contributed by atoms with Crippen LogP contribution in [0.15, 0.2) is 66.7 Å². The number of halogens is 1. The molecule has 0 fully saturated rings. The summed E-state index contributed by atoms with van der Waals surface area (Å²) in [6.45, 7) is 13.3. The van der Waals surface area contributed by atoms with Crippen LogP contribution < -0.4 is 0 Å². The second-order valence-electron chi connectivity index (χ2n) is 7.60. The molecule has 0 bridgehead atoms. The number of hydrogen-bond acceptors (Lipinski definition) is 0. The van der Waals surface area contributed by atoms with Gasteiger partial charge in [0.05, 0.1) is 0 Å². The third-order valence-corrected chi connectivity index (χ3v) is 5.27. The van der Waals surface area contributed by atoms with E-state index >= 15 is 0 Å². The molecule has 148 valence electrons. The Morgan fingerprint density at radius 1 is 0.828 bits per heavy atom. The van der Waals surface area contributed by atoms with Crippen LogP contribution in [0.5, 0.6) is 0 Å². The molecule has 0 radical (unpaired) electrons. The van der Waals surface area contributed by atoms with Gasteiger partial charge in [0.25, 0.3) is 0 Å². The summed E-state index contributed by atoms with van der Waals surface area (Å²) in [5.74, 6) is 0. The van der Waals surface area contributed by atoms with Crippen molar-refractivity contribution in [2.75, 3.05) is 0 Å². The van der Waals surface area contributed by atoms with Gasteiger partial charge < -0.3 is 0 Å². The first-order chi connectivity index (χ1) is 13.7. The topological polar surface area (TPSA) is 0 Å². The smallest absolute Gasteiger partial charge is 0.0405 e. The molecule has 0 unspecified atom stereocenters. The molecule has 0 spiro atoms. The minimum Gasteiger partial charge on any atom is -0.196 e. The van der Waals surface area contributed by atoms with Gasteiger partial charge >= 0.3 is 41.9 Å². The average Bonchev–Trinajstić information content (AvgIpc) is 3.20. The van der Waals surface area contributed by atoms with Gasteiger partial charge in [-0.25, -0.2) is 0 Å². The summed E-state index contributed by atoms with van der Waals surface area (Å²) in [4.78, 5) is 0. The van der Waals surface area contributed by atoms with Crippen molar-refractivity contribution >= 4 is 27.8 Å². The van der Waals surface area contributed by atoms with Crippen LogP contribution in [0.1, 0.15) is 22.3 Å². The molecule has 4 aromatic carbocycles. The van der Waals surface area contributed by atoms with Crippen LogP contribution in [0.2, 0.25) is 18.1 Å². The Bertz CT molecular complexity index is 1060. The maximum atomic E-state index is 5.89. The van der Waals surface area contributed by atoms with Crippen molar-refractivity contribution in [1.29, 1.82) is 0 Å². The van der Waals surface area contributed by atoms with Gasteiger partial charge in [-0.1, -0.05) is 63.1 Å². The minimum atomic E-state index is 0.210. The van der Waals surface area contributed by atoms with E-state index in [4.69, 9.17) is 11.6 Å². The molecular weight excluding hydrogens is 467 g/mol. The summed E-state index contributed by atoms with van der Waals surface area (Å²) in [6.07, 6.45) is 0. The second-order valence-corrected chi connectivity index (χ2v) is 17.4. The Balaban J connectivity index is 0.000000195. The van der Waals surface area contributed by atoms with E-state index in [9.17, 15) is 0 Å². The second kappa shape index (κ2) is 11.3. The molecule has 4 rings (SSSR count). The van der Waals surface area contributed by atoms with Crippen LogP contribution in [0.25, 0.3) is 21.9 Å². The van der Waals surface area contributed by atoms with E-state index < -0.39 is 0 Å². The number of rotatable bonds is 1. The van der Waals surface area contributed by atoms with Crippen LogP contribution in [-0.4, -0.2) is 5.43 Å². The summed E-state index contributed by atoms with van der Waals surface area (Å²) in [7, 11) is 0. The molecule has 0 heterocycles. The van der Waals surface area contributed by atoms with Crippen LogP contribution in [0, 0.1) is 27.7 Å². The van der Waals surface area contributed by atoms with Crippen molar-refractivity contribution in [2.24, 2.45) is 0 Å². The zero-order chi connectivity index (χ0) is 21.6. The number of benzene rings is 2. The predicted octanol–water partition coefficient (Wildman–Crippen LogP) is 8.30. The first-order valence-corrected chi connectivity index (χ1v) is 16.4. The van der Waals surface area contributed by atoms with E-state index in [-0.39, 0.29) is 5.43 Å². The molecule has 0 N–H and O–H groups in total. The molecule has 3 heteroatoms. The Morgan fingerprint density at radius 3 is 1.83 bits per heavy atom. The molecule has 29 heavy (non-hydrogen) atoms. The van der Waals surface area contributed by atoms with Gasteiger partial charge in [-0.15, -0.1) is 46.7 Å². The van der Waals surface area contributed by atoms with Crippen molar-refractivity contribution < 1.29 is 23.3 Å². The zero-order valence-corrected chi connectivity index (χ0v) is 22.4. The first-order valence-electron chi connectivity index (χ1n) is 9.83. The minimum absolute atomic E-state index is 0.210. The molecule has 0 aromatic heterocycles. The van der Waals surface area contributed by atoms with E-state index in [1.807, 2.05) is 12.1 Å². The van der Waals surface area contributed by atoms with Crippen molar-refractivity contribution in [3.63, 3.8) is 0 Å². The summed E-state index contributed by atoms with van der Waals surface area (Å²) in [5.41, 5.74) is 8.44. The maximum Gasteiger partial charge on any atom is 0.0405 e. The summed E-state index contributed by atoms with van der Waals surface area (Å²) < 4.78 is 0. The van der Waals surface area contributed by atoms with Gasteiger partial charge in [0.15, 0.2) is 0 Å². The van der Waals surface area contributed by atoms with Crippen molar-refractivity contribution in [3.8, 4) is 11.1 Å². The summed E-state index contributed by atoms with van der Waals surface area (Å²) in [5, 5.41) is 3.36. The van der Waals surface area contributed by atoms with Gasteiger partial charge in [0.1, 0.15) is 0 Å². The van der Waals surface area contributed by atoms with Crippen molar-refractivity contribution in [1.82, 2.24) is 0 Å². The Hall–Kier alpha value is -1.21. The van der Waals surface area contributed by atoms with Gasteiger partial charge in [-0.2, -0.15) is 28.3 Å². The molecule has 0 aliphatic rings. The fraction of sp³-hybridized carbons (Fsp3) is 0.231. The third-order valence-electron chi connectivity index (χ3n) is 5.01. The van der Waals surface area contributed by atoms with E-state index in [0.29, 0.717) is 0 Å². The van der Waals surface area contributed by atoms with Crippen LogP contribution in [0.3, 0.4) is 0 Å². The molecule has 0 amide bonds. The molecule has 0 aliphatic carbocycles. The monoisotopic (exact) mass is 494 g/mol. The van der Waals surface area contributed by atoms with Gasteiger partial charge in [0, 0.05) is 5.02 Å². The standard InChI is InChI=1S/C15H10Cl.C9H13.C2H6Si.Zr/c16-13-8-5-12(6-9-13)15-10-7-11-3-1-2-4-14(11)15;1-6-5-7(2)9(4)8(6)3;1-3-2;/h1-10H;5H,1-4H3;1-2H3;/q2*-1;;+2. The maximum absolute atomic E-state index is 5.89. The molecule has 0 saturated carbocycles. The van der Waals surface area contributed by atoms with Crippen LogP contribution >= 0.6 is 11.6 Å². The molecule has 0 nitrogen and oxygen atoms in total. The molecule has 0 saturated heterocycles. The SMILES string of the molecule is C[Si](C)=[Zr+2].Cc1[cH-]c(C)c(C)c1C.Clc1ccc(-c2c[cH-]c3ccccc23)cc1. The quantitative estimate of drug-likeness (QED) is 0.184. The largest absolute Gasteiger partial charge is 0.196 e. The fourth-order valence-corrected chi connectivity index (χ4v) is 3.29. The fourth-order valence-electron chi connectivity index (χ4n) is 3.16. The summed E-state index contributed by atoms with van der Waals surface area (Å²) in [6, 6.07) is 23.0. The molecule has 4 aromatic rings.